The maximum absolute atomic E-state index is 11.3. The number of carbonyl (C=O) groups is 1. The lowest BCUT2D eigenvalue weighted by Gasteiger charge is -2.03. The lowest BCUT2D eigenvalue weighted by atomic mass is 10.0. The van der Waals surface area contributed by atoms with Crippen molar-refractivity contribution in [2.45, 2.75) is 26.7 Å². The summed E-state index contributed by atoms with van der Waals surface area (Å²) in [5, 5.41) is 0. The SMILES string of the molecule is CC[C@H](C)CC(=O)c1ncco1. The summed E-state index contributed by atoms with van der Waals surface area (Å²) in [5.74, 6) is 0.633. The summed E-state index contributed by atoms with van der Waals surface area (Å²) in [4.78, 5) is 15.1. The minimum absolute atomic E-state index is 0.00523. The third kappa shape index (κ3) is 2.19. The molecule has 0 bridgehead atoms. The molecule has 3 heteroatoms. The van der Waals surface area contributed by atoms with E-state index in [0.717, 1.165) is 6.42 Å². The van der Waals surface area contributed by atoms with Gasteiger partial charge in [-0.2, -0.15) is 0 Å². The molecular weight excluding hydrogens is 154 g/mol. The zero-order chi connectivity index (χ0) is 8.97. The highest BCUT2D eigenvalue weighted by molar-refractivity contribution is 5.91. The van der Waals surface area contributed by atoms with Gasteiger partial charge in [-0.25, -0.2) is 4.98 Å². The van der Waals surface area contributed by atoms with Gasteiger partial charge in [-0.15, -0.1) is 0 Å². The number of nitrogens with zero attached hydrogens (tertiary/aromatic N) is 1. The van der Waals surface area contributed by atoms with E-state index in [0.29, 0.717) is 12.3 Å². The zero-order valence-electron chi connectivity index (χ0n) is 7.41. The summed E-state index contributed by atoms with van der Waals surface area (Å²) in [6.45, 7) is 4.11. The van der Waals surface area contributed by atoms with Crippen LogP contribution in [-0.4, -0.2) is 10.8 Å². The van der Waals surface area contributed by atoms with Crippen molar-refractivity contribution in [1.29, 1.82) is 0 Å². The molecule has 1 heterocycles. The van der Waals surface area contributed by atoms with Gasteiger partial charge in [-0.3, -0.25) is 4.79 Å². The van der Waals surface area contributed by atoms with E-state index in [1.807, 2.05) is 6.92 Å². The van der Waals surface area contributed by atoms with Crippen molar-refractivity contribution in [1.82, 2.24) is 4.98 Å². The minimum Gasteiger partial charge on any atom is -0.442 e. The molecule has 0 aromatic carbocycles. The van der Waals surface area contributed by atoms with Crippen molar-refractivity contribution in [2.24, 2.45) is 5.92 Å². The molecule has 12 heavy (non-hydrogen) atoms. The monoisotopic (exact) mass is 167 g/mol. The first-order valence-electron chi connectivity index (χ1n) is 4.16. The molecule has 1 aromatic rings. The molecule has 0 saturated heterocycles. The van der Waals surface area contributed by atoms with Gasteiger partial charge in [0.15, 0.2) is 0 Å². The van der Waals surface area contributed by atoms with Gasteiger partial charge in [0, 0.05) is 6.42 Å². The fourth-order valence-electron chi connectivity index (χ4n) is 0.909. The lowest BCUT2D eigenvalue weighted by Crippen LogP contribution is -2.05. The number of carbonyl (C=O) groups excluding carboxylic acids is 1. The van der Waals surface area contributed by atoms with Crippen molar-refractivity contribution in [3.05, 3.63) is 18.4 Å². The predicted octanol–water partition coefficient (Wildman–Crippen LogP) is 2.29. The fourth-order valence-corrected chi connectivity index (χ4v) is 0.909. The third-order valence-electron chi connectivity index (χ3n) is 1.90. The van der Waals surface area contributed by atoms with Crippen LogP contribution in [0.5, 0.6) is 0 Å². The smallest absolute Gasteiger partial charge is 0.263 e. The number of ketones is 1. The molecular formula is C9H13NO2. The Balaban J connectivity index is 2.50. The summed E-state index contributed by atoms with van der Waals surface area (Å²) >= 11 is 0. The van der Waals surface area contributed by atoms with E-state index in [-0.39, 0.29) is 11.7 Å². The summed E-state index contributed by atoms with van der Waals surface area (Å²) in [6.07, 6.45) is 4.44. The highest BCUT2D eigenvalue weighted by Gasteiger charge is 2.13. The maximum atomic E-state index is 11.3. The zero-order valence-corrected chi connectivity index (χ0v) is 7.41. The van der Waals surface area contributed by atoms with Crippen LogP contribution in [0.4, 0.5) is 0 Å². The van der Waals surface area contributed by atoms with Gasteiger partial charge < -0.3 is 4.42 Å². The normalized spacial score (nSPS) is 12.8. The van der Waals surface area contributed by atoms with Crippen LogP contribution >= 0.6 is 0 Å². The molecule has 1 rings (SSSR count). The number of Topliss-reactive ketones (excluding diaryl/α,β-unsaturated/α-hetero) is 1. The van der Waals surface area contributed by atoms with Crippen molar-refractivity contribution in [3.63, 3.8) is 0 Å². The van der Waals surface area contributed by atoms with Crippen molar-refractivity contribution < 1.29 is 9.21 Å². The first-order valence-corrected chi connectivity index (χ1v) is 4.16. The number of oxazole rings is 1. The molecule has 0 aliphatic heterocycles. The van der Waals surface area contributed by atoms with E-state index in [9.17, 15) is 4.79 Å². The van der Waals surface area contributed by atoms with Gasteiger partial charge in [0.1, 0.15) is 6.26 Å². The molecule has 3 nitrogen and oxygen atoms in total. The standard InChI is InChI=1S/C9H13NO2/c1-3-7(2)6-8(11)9-10-4-5-12-9/h4-5,7H,3,6H2,1-2H3/t7-/m0/s1. The molecule has 0 aliphatic rings. The van der Waals surface area contributed by atoms with E-state index in [1.54, 1.807) is 0 Å². The van der Waals surface area contributed by atoms with Gasteiger partial charge >= 0.3 is 0 Å². The first-order chi connectivity index (χ1) is 5.74. The Morgan fingerprint density at radius 3 is 3.00 bits per heavy atom. The molecule has 66 valence electrons. The summed E-state index contributed by atoms with van der Waals surface area (Å²) in [6, 6.07) is 0. The Morgan fingerprint density at radius 1 is 1.75 bits per heavy atom. The van der Waals surface area contributed by atoms with E-state index >= 15 is 0 Å². The molecule has 0 fully saturated rings. The second-order valence-electron chi connectivity index (χ2n) is 2.98. The molecule has 0 amide bonds. The molecule has 0 unspecified atom stereocenters. The highest BCUT2D eigenvalue weighted by atomic mass is 16.3. The quantitative estimate of drug-likeness (QED) is 0.646. The van der Waals surface area contributed by atoms with Crippen LogP contribution < -0.4 is 0 Å². The number of aromatic nitrogens is 1. The van der Waals surface area contributed by atoms with Crippen LogP contribution in [-0.2, 0) is 0 Å². The molecule has 1 aromatic heterocycles. The number of hydrogen-bond acceptors (Lipinski definition) is 3. The van der Waals surface area contributed by atoms with Crippen molar-refractivity contribution >= 4 is 5.78 Å². The summed E-state index contributed by atoms with van der Waals surface area (Å²) < 4.78 is 4.88. The van der Waals surface area contributed by atoms with Gasteiger partial charge in [0.05, 0.1) is 6.20 Å². The average molecular weight is 167 g/mol. The lowest BCUT2D eigenvalue weighted by molar-refractivity contribution is 0.0929. The molecule has 1 atom stereocenters. The Bertz CT molecular complexity index is 241. The fraction of sp³-hybridized carbons (Fsp3) is 0.556. The van der Waals surface area contributed by atoms with E-state index in [2.05, 4.69) is 11.9 Å². The molecule has 0 saturated carbocycles. The van der Waals surface area contributed by atoms with Gasteiger partial charge in [0.25, 0.3) is 5.89 Å². The molecule has 0 N–H and O–H groups in total. The summed E-state index contributed by atoms with van der Waals surface area (Å²) in [7, 11) is 0. The average Bonchev–Trinajstić information content (AvgIpc) is 2.56. The Kier molecular flexibility index (Phi) is 3.02. The van der Waals surface area contributed by atoms with E-state index < -0.39 is 0 Å². The molecule has 0 spiro atoms. The topological polar surface area (TPSA) is 43.1 Å². The van der Waals surface area contributed by atoms with Crippen molar-refractivity contribution in [2.75, 3.05) is 0 Å². The molecule has 0 radical (unpaired) electrons. The Labute approximate surface area is 71.8 Å². The van der Waals surface area contributed by atoms with Crippen LogP contribution in [0.15, 0.2) is 16.9 Å². The van der Waals surface area contributed by atoms with Crippen LogP contribution in [0.25, 0.3) is 0 Å². The first kappa shape index (κ1) is 8.97. The van der Waals surface area contributed by atoms with Gasteiger partial charge in [-0.05, 0) is 5.92 Å². The minimum atomic E-state index is -0.00523. The van der Waals surface area contributed by atoms with Crippen LogP contribution in [0.2, 0.25) is 0 Å². The Hall–Kier alpha value is -1.12. The van der Waals surface area contributed by atoms with Gasteiger partial charge in [-0.1, -0.05) is 20.3 Å². The predicted molar refractivity (Wildman–Crippen MR) is 44.9 cm³/mol. The van der Waals surface area contributed by atoms with Crippen LogP contribution in [0.1, 0.15) is 37.4 Å². The van der Waals surface area contributed by atoms with Crippen molar-refractivity contribution in [3.8, 4) is 0 Å². The maximum Gasteiger partial charge on any atom is 0.263 e. The second-order valence-corrected chi connectivity index (χ2v) is 2.98. The van der Waals surface area contributed by atoms with Crippen LogP contribution in [0, 0.1) is 5.92 Å². The Morgan fingerprint density at radius 2 is 2.50 bits per heavy atom. The second kappa shape index (κ2) is 4.04. The van der Waals surface area contributed by atoms with Crippen LogP contribution in [0.3, 0.4) is 0 Å². The third-order valence-corrected chi connectivity index (χ3v) is 1.90. The summed E-state index contributed by atoms with van der Waals surface area (Å²) in [5.41, 5.74) is 0. The highest BCUT2D eigenvalue weighted by Crippen LogP contribution is 2.10. The number of hydrogen-bond donors (Lipinski definition) is 0. The number of rotatable bonds is 4. The largest absolute Gasteiger partial charge is 0.442 e. The van der Waals surface area contributed by atoms with E-state index in [1.165, 1.54) is 12.5 Å². The molecule has 0 aliphatic carbocycles. The van der Waals surface area contributed by atoms with E-state index in [4.69, 9.17) is 4.42 Å². The van der Waals surface area contributed by atoms with Gasteiger partial charge in [0.2, 0.25) is 5.78 Å².